The lowest BCUT2D eigenvalue weighted by Crippen LogP contribution is -2.35. The zero-order chi connectivity index (χ0) is 18.7. The monoisotopic (exact) mass is 373 g/mol. The summed E-state index contributed by atoms with van der Waals surface area (Å²) in [6, 6.07) is 7.75. The van der Waals surface area contributed by atoms with E-state index in [4.69, 9.17) is 4.98 Å². The van der Waals surface area contributed by atoms with Gasteiger partial charge in [0, 0.05) is 25.3 Å². The molecule has 1 aliphatic carbocycles. The lowest BCUT2D eigenvalue weighted by atomic mass is 9.78. The predicted molar refractivity (Wildman–Crippen MR) is 107 cm³/mol. The molecule has 5 nitrogen and oxygen atoms in total. The van der Waals surface area contributed by atoms with Crippen molar-refractivity contribution in [2.45, 2.75) is 51.2 Å². The fraction of sp³-hybridized carbons (Fsp3) is 0.550. The number of nitrogens with one attached hydrogen (secondary N) is 1. The van der Waals surface area contributed by atoms with Crippen molar-refractivity contribution < 1.29 is 4.79 Å². The van der Waals surface area contributed by atoms with E-state index in [-0.39, 0.29) is 17.5 Å². The Balaban J connectivity index is 2.00. The van der Waals surface area contributed by atoms with Gasteiger partial charge in [0.2, 0.25) is 5.91 Å². The Labute approximate surface area is 158 Å². The van der Waals surface area contributed by atoms with Crippen LogP contribution in [0.3, 0.4) is 0 Å². The Morgan fingerprint density at radius 2 is 2.08 bits per heavy atom. The Morgan fingerprint density at radius 3 is 2.85 bits per heavy atom. The fourth-order valence-electron chi connectivity index (χ4n) is 3.81. The molecule has 0 aliphatic heterocycles. The zero-order valence-electron chi connectivity index (χ0n) is 15.7. The molecule has 0 unspecified atom stereocenters. The van der Waals surface area contributed by atoms with E-state index in [1.54, 1.807) is 11.8 Å². The quantitative estimate of drug-likeness (QED) is 0.494. The van der Waals surface area contributed by atoms with Crippen LogP contribution in [0.1, 0.15) is 46.1 Å². The van der Waals surface area contributed by atoms with Crippen molar-refractivity contribution >= 4 is 28.6 Å². The number of hydrogen-bond donors (Lipinski definition) is 1. The van der Waals surface area contributed by atoms with Crippen LogP contribution < -0.4 is 10.9 Å². The highest BCUT2D eigenvalue weighted by atomic mass is 32.2. The second kappa shape index (κ2) is 8.25. The lowest BCUT2D eigenvalue weighted by molar-refractivity contribution is -0.118. The minimum atomic E-state index is -0.0378. The van der Waals surface area contributed by atoms with Crippen LogP contribution in [0.15, 0.2) is 34.2 Å². The van der Waals surface area contributed by atoms with Gasteiger partial charge in [0.1, 0.15) is 0 Å². The number of benzene rings is 1. The van der Waals surface area contributed by atoms with Crippen LogP contribution in [-0.4, -0.2) is 27.8 Å². The molecule has 1 aromatic heterocycles. The average Bonchev–Trinajstić information content (AvgIpc) is 2.62. The standard InChI is InChI=1S/C20H27N3O2S/c1-13-7-6-10-18(14(13)2)23-19(25)16-8-4-5-9-17(16)22-20(23)26-12-11-21-15(3)24/h4-5,8-9,13-14,18H,6-7,10-12H2,1-3H3,(H,21,24)/t13-,14-,18+/m1/s1. The largest absolute Gasteiger partial charge is 0.356 e. The van der Waals surface area contributed by atoms with Gasteiger partial charge in [-0.2, -0.15) is 0 Å². The van der Waals surface area contributed by atoms with Crippen molar-refractivity contribution in [3.05, 3.63) is 34.6 Å². The molecule has 1 fully saturated rings. The molecule has 6 heteroatoms. The maximum atomic E-state index is 13.3. The number of carbonyl (C=O) groups excluding carboxylic acids is 1. The molecule has 0 saturated heterocycles. The minimum Gasteiger partial charge on any atom is -0.356 e. The molecule has 26 heavy (non-hydrogen) atoms. The normalized spacial score (nSPS) is 23.1. The topological polar surface area (TPSA) is 64.0 Å². The van der Waals surface area contributed by atoms with E-state index in [0.29, 0.717) is 29.5 Å². The summed E-state index contributed by atoms with van der Waals surface area (Å²) in [5, 5.41) is 4.26. The van der Waals surface area contributed by atoms with Crippen LogP contribution in [0.4, 0.5) is 0 Å². The molecule has 1 saturated carbocycles. The average molecular weight is 374 g/mol. The molecule has 1 aliphatic rings. The first-order valence-corrected chi connectivity index (χ1v) is 10.4. The van der Waals surface area contributed by atoms with E-state index in [9.17, 15) is 9.59 Å². The SMILES string of the molecule is CC(=O)NCCSc1nc2ccccc2c(=O)n1[C@H]1CCC[C@@H](C)[C@H]1C. The number of thioether (sulfide) groups is 1. The molecule has 1 heterocycles. The molecule has 3 rings (SSSR count). The zero-order valence-corrected chi connectivity index (χ0v) is 16.5. The van der Waals surface area contributed by atoms with Gasteiger partial charge in [-0.15, -0.1) is 0 Å². The van der Waals surface area contributed by atoms with Crippen LogP contribution in [0, 0.1) is 11.8 Å². The van der Waals surface area contributed by atoms with Crippen LogP contribution in [0.25, 0.3) is 10.9 Å². The van der Waals surface area contributed by atoms with E-state index < -0.39 is 0 Å². The maximum absolute atomic E-state index is 13.3. The number of para-hydroxylation sites is 1. The highest BCUT2D eigenvalue weighted by Crippen LogP contribution is 2.38. The van der Waals surface area contributed by atoms with Gasteiger partial charge < -0.3 is 5.32 Å². The van der Waals surface area contributed by atoms with Gasteiger partial charge in [0.15, 0.2) is 5.16 Å². The summed E-state index contributed by atoms with van der Waals surface area (Å²) in [4.78, 5) is 29.2. The highest BCUT2D eigenvalue weighted by Gasteiger charge is 2.31. The van der Waals surface area contributed by atoms with E-state index in [1.807, 2.05) is 28.8 Å². The summed E-state index contributed by atoms with van der Waals surface area (Å²) in [7, 11) is 0. The van der Waals surface area contributed by atoms with Gasteiger partial charge in [0.25, 0.3) is 5.56 Å². The number of amides is 1. The first-order valence-electron chi connectivity index (χ1n) is 9.37. The fourth-order valence-corrected chi connectivity index (χ4v) is 4.71. The third kappa shape index (κ3) is 3.95. The van der Waals surface area contributed by atoms with Crippen LogP contribution in [-0.2, 0) is 4.79 Å². The van der Waals surface area contributed by atoms with Gasteiger partial charge in [-0.3, -0.25) is 14.2 Å². The third-order valence-electron chi connectivity index (χ3n) is 5.48. The van der Waals surface area contributed by atoms with Crippen molar-refractivity contribution in [3.8, 4) is 0 Å². The first-order chi connectivity index (χ1) is 12.5. The number of fused-ring (bicyclic) bond motifs is 1. The molecule has 0 spiro atoms. The van der Waals surface area contributed by atoms with Crippen molar-refractivity contribution in [2.24, 2.45) is 11.8 Å². The number of aromatic nitrogens is 2. The molecule has 1 aromatic carbocycles. The second-order valence-corrected chi connectivity index (χ2v) is 8.31. The molecule has 2 aromatic rings. The Hall–Kier alpha value is -1.82. The van der Waals surface area contributed by atoms with Crippen molar-refractivity contribution in [1.29, 1.82) is 0 Å². The molecular weight excluding hydrogens is 346 g/mol. The summed E-state index contributed by atoms with van der Waals surface area (Å²) in [6.45, 7) is 6.61. The second-order valence-electron chi connectivity index (χ2n) is 7.25. The summed E-state index contributed by atoms with van der Waals surface area (Å²) >= 11 is 1.55. The molecule has 1 N–H and O–H groups in total. The lowest BCUT2D eigenvalue weighted by Gasteiger charge is -2.36. The van der Waals surface area contributed by atoms with E-state index in [2.05, 4.69) is 19.2 Å². The maximum Gasteiger partial charge on any atom is 0.262 e. The summed E-state index contributed by atoms with van der Waals surface area (Å²) in [6.07, 6.45) is 3.38. The molecule has 3 atom stereocenters. The molecule has 0 radical (unpaired) electrons. The van der Waals surface area contributed by atoms with E-state index in [1.165, 1.54) is 13.3 Å². The first kappa shape index (κ1) is 19.0. The number of carbonyl (C=O) groups is 1. The Bertz CT molecular complexity index is 849. The van der Waals surface area contributed by atoms with Gasteiger partial charge in [-0.05, 0) is 30.4 Å². The number of hydrogen-bond acceptors (Lipinski definition) is 4. The highest BCUT2D eigenvalue weighted by molar-refractivity contribution is 7.99. The smallest absolute Gasteiger partial charge is 0.262 e. The van der Waals surface area contributed by atoms with Crippen LogP contribution in [0.5, 0.6) is 0 Å². The van der Waals surface area contributed by atoms with E-state index >= 15 is 0 Å². The summed E-state index contributed by atoms with van der Waals surface area (Å²) in [5.41, 5.74) is 0.802. The van der Waals surface area contributed by atoms with Gasteiger partial charge >= 0.3 is 0 Å². The molecule has 140 valence electrons. The van der Waals surface area contributed by atoms with Gasteiger partial charge in [0.05, 0.1) is 10.9 Å². The van der Waals surface area contributed by atoms with Crippen LogP contribution in [0.2, 0.25) is 0 Å². The molecule has 1 amide bonds. The number of nitrogens with zero attached hydrogens (tertiary/aromatic N) is 2. The van der Waals surface area contributed by atoms with Crippen molar-refractivity contribution in [2.75, 3.05) is 12.3 Å². The summed E-state index contributed by atoms with van der Waals surface area (Å²) in [5.74, 6) is 1.70. The summed E-state index contributed by atoms with van der Waals surface area (Å²) < 4.78 is 1.93. The van der Waals surface area contributed by atoms with Crippen molar-refractivity contribution in [1.82, 2.24) is 14.9 Å². The van der Waals surface area contributed by atoms with Crippen LogP contribution >= 0.6 is 11.8 Å². The van der Waals surface area contributed by atoms with Crippen molar-refractivity contribution in [3.63, 3.8) is 0 Å². The van der Waals surface area contributed by atoms with Gasteiger partial charge in [-0.1, -0.05) is 50.6 Å². The molecular formula is C20H27N3O2S. The van der Waals surface area contributed by atoms with Gasteiger partial charge in [-0.25, -0.2) is 4.98 Å². The Kier molecular flexibility index (Phi) is 6.01. The number of rotatable bonds is 5. The van der Waals surface area contributed by atoms with E-state index in [0.717, 1.165) is 23.5 Å². The third-order valence-corrected chi connectivity index (χ3v) is 6.43. The molecule has 0 bridgehead atoms. The Morgan fingerprint density at radius 1 is 1.31 bits per heavy atom. The minimum absolute atomic E-state index is 0.0378. The predicted octanol–water partition coefficient (Wildman–Crippen LogP) is 3.62.